The molecule has 0 saturated heterocycles. The summed E-state index contributed by atoms with van der Waals surface area (Å²) in [6, 6.07) is 0. The van der Waals surface area contributed by atoms with Crippen molar-refractivity contribution in [2.24, 2.45) is 0 Å². The Kier molecular flexibility index (Phi) is 3.82. The van der Waals surface area contributed by atoms with E-state index < -0.39 is 11.2 Å². The lowest BCUT2D eigenvalue weighted by Crippen LogP contribution is -2.38. The summed E-state index contributed by atoms with van der Waals surface area (Å²) in [7, 11) is 0. The van der Waals surface area contributed by atoms with Gasteiger partial charge in [0.2, 0.25) is 0 Å². The molecule has 0 spiro atoms. The van der Waals surface area contributed by atoms with Gasteiger partial charge < -0.3 is 10.2 Å². The molecule has 0 rings (SSSR count). The third kappa shape index (κ3) is 2.72. The van der Waals surface area contributed by atoms with Gasteiger partial charge in [0.25, 0.3) is 0 Å². The third-order valence-electron chi connectivity index (χ3n) is 1.16. The van der Waals surface area contributed by atoms with Crippen molar-refractivity contribution in [2.45, 2.75) is 24.5 Å². The first kappa shape index (κ1) is 9.50. The molecular formula is C5H10Cl2O2. The molecule has 0 aromatic carbocycles. The predicted octanol–water partition coefficient (Wildman–Crippen LogP) is 0.923. The second-order valence-electron chi connectivity index (χ2n) is 1.85. The van der Waals surface area contributed by atoms with Gasteiger partial charge in [-0.2, -0.15) is 0 Å². The fourth-order valence-corrected chi connectivity index (χ4v) is 0.746. The van der Waals surface area contributed by atoms with Crippen LogP contribution >= 0.6 is 23.2 Å². The first-order valence-corrected chi connectivity index (χ1v) is 3.66. The molecule has 4 heteroatoms. The van der Waals surface area contributed by atoms with Gasteiger partial charge in [-0.25, -0.2) is 0 Å². The average molecular weight is 173 g/mol. The van der Waals surface area contributed by atoms with Crippen molar-refractivity contribution < 1.29 is 10.2 Å². The maximum absolute atomic E-state index is 8.93. The van der Waals surface area contributed by atoms with Crippen LogP contribution in [-0.4, -0.2) is 27.3 Å². The Labute approximate surface area is 64.4 Å². The smallest absolute Gasteiger partial charge is 0.180 e. The monoisotopic (exact) mass is 172 g/mol. The molecule has 0 aliphatic rings. The molecule has 56 valence electrons. The van der Waals surface area contributed by atoms with Crippen molar-refractivity contribution in [3.8, 4) is 0 Å². The Bertz CT molecular complexity index is 85.0. The summed E-state index contributed by atoms with van der Waals surface area (Å²) in [6.07, 6.45) is 0.188. The quantitative estimate of drug-likeness (QED) is 0.492. The highest BCUT2D eigenvalue weighted by Gasteiger charge is 2.29. The maximum Gasteiger partial charge on any atom is 0.180 e. The van der Waals surface area contributed by atoms with Crippen molar-refractivity contribution in [3.63, 3.8) is 0 Å². The largest absolute Gasteiger partial charge is 0.364 e. The molecule has 0 bridgehead atoms. The van der Waals surface area contributed by atoms with E-state index in [9.17, 15) is 0 Å². The summed E-state index contributed by atoms with van der Waals surface area (Å²) in [5.74, 6) is -1.77. The summed E-state index contributed by atoms with van der Waals surface area (Å²) in [5, 5.41) is 17.1. The topological polar surface area (TPSA) is 40.5 Å². The van der Waals surface area contributed by atoms with Gasteiger partial charge in [-0.15, -0.1) is 23.2 Å². The molecule has 1 atom stereocenters. The molecule has 0 amide bonds. The average Bonchev–Trinajstić information content (AvgIpc) is 1.86. The summed E-state index contributed by atoms with van der Waals surface area (Å²) in [5.41, 5.74) is 0. The molecule has 0 heterocycles. The normalized spacial score (nSPS) is 15.7. The van der Waals surface area contributed by atoms with E-state index in [1.54, 1.807) is 6.92 Å². The lowest BCUT2D eigenvalue weighted by Gasteiger charge is -2.23. The van der Waals surface area contributed by atoms with E-state index in [0.717, 1.165) is 0 Å². The van der Waals surface area contributed by atoms with Crippen LogP contribution in [0.15, 0.2) is 0 Å². The number of hydrogen-bond acceptors (Lipinski definition) is 2. The molecular weight excluding hydrogens is 163 g/mol. The minimum Gasteiger partial charge on any atom is -0.364 e. The highest BCUT2D eigenvalue weighted by molar-refractivity contribution is 6.28. The molecule has 0 unspecified atom stereocenters. The second kappa shape index (κ2) is 3.62. The van der Waals surface area contributed by atoms with Gasteiger partial charge >= 0.3 is 0 Å². The van der Waals surface area contributed by atoms with Crippen LogP contribution in [0.2, 0.25) is 0 Å². The summed E-state index contributed by atoms with van der Waals surface area (Å²) in [6.45, 7) is 1.63. The molecule has 2 nitrogen and oxygen atoms in total. The van der Waals surface area contributed by atoms with Crippen LogP contribution in [0.4, 0.5) is 0 Å². The van der Waals surface area contributed by atoms with E-state index in [1.165, 1.54) is 0 Å². The Hall–Kier alpha value is 0.500. The van der Waals surface area contributed by atoms with Crippen molar-refractivity contribution in [3.05, 3.63) is 0 Å². The lowest BCUT2D eigenvalue weighted by molar-refractivity contribution is -0.159. The Balaban J connectivity index is 3.80. The first-order chi connectivity index (χ1) is 4.04. The Morgan fingerprint density at radius 2 is 2.00 bits per heavy atom. The van der Waals surface area contributed by atoms with Crippen LogP contribution in [0.5, 0.6) is 0 Å². The fourth-order valence-electron chi connectivity index (χ4n) is 0.345. The number of hydrogen-bond donors (Lipinski definition) is 2. The lowest BCUT2D eigenvalue weighted by atomic mass is 10.1. The SMILES string of the molecule is CCC(O)(O)[C@@H](Cl)CCl. The highest BCUT2D eigenvalue weighted by atomic mass is 35.5. The molecule has 9 heavy (non-hydrogen) atoms. The summed E-state index contributed by atoms with van der Waals surface area (Å²) < 4.78 is 0. The molecule has 0 fully saturated rings. The first-order valence-electron chi connectivity index (χ1n) is 2.69. The van der Waals surface area contributed by atoms with Crippen molar-refractivity contribution >= 4 is 23.2 Å². The van der Waals surface area contributed by atoms with E-state index >= 15 is 0 Å². The fraction of sp³-hybridized carbons (Fsp3) is 1.00. The van der Waals surface area contributed by atoms with Crippen LogP contribution in [0.3, 0.4) is 0 Å². The molecule has 0 aromatic heterocycles. The Morgan fingerprint density at radius 1 is 1.56 bits per heavy atom. The van der Waals surface area contributed by atoms with E-state index in [0.29, 0.717) is 0 Å². The minimum absolute atomic E-state index is 0.0440. The van der Waals surface area contributed by atoms with E-state index in [-0.39, 0.29) is 12.3 Å². The Morgan fingerprint density at radius 3 is 2.11 bits per heavy atom. The maximum atomic E-state index is 8.93. The molecule has 0 aliphatic carbocycles. The van der Waals surface area contributed by atoms with Gasteiger partial charge in [0.05, 0.1) is 0 Å². The van der Waals surface area contributed by atoms with Gasteiger partial charge in [0, 0.05) is 5.88 Å². The van der Waals surface area contributed by atoms with E-state index in [1.807, 2.05) is 0 Å². The molecule has 0 aromatic rings. The van der Waals surface area contributed by atoms with Gasteiger partial charge in [0.15, 0.2) is 5.79 Å². The summed E-state index contributed by atoms with van der Waals surface area (Å²) in [4.78, 5) is 0. The van der Waals surface area contributed by atoms with E-state index in [4.69, 9.17) is 33.4 Å². The molecule has 0 radical (unpaired) electrons. The molecule has 0 saturated carbocycles. The van der Waals surface area contributed by atoms with E-state index in [2.05, 4.69) is 0 Å². The zero-order chi connectivity index (χ0) is 7.49. The molecule has 0 aliphatic heterocycles. The predicted molar refractivity (Wildman–Crippen MR) is 37.8 cm³/mol. The van der Waals surface area contributed by atoms with Crippen LogP contribution < -0.4 is 0 Å². The number of rotatable bonds is 3. The third-order valence-corrected chi connectivity index (χ3v) is 2.13. The zero-order valence-electron chi connectivity index (χ0n) is 5.14. The number of aliphatic hydroxyl groups is 2. The molecule has 2 N–H and O–H groups in total. The van der Waals surface area contributed by atoms with Crippen molar-refractivity contribution in [1.29, 1.82) is 0 Å². The number of alkyl halides is 2. The van der Waals surface area contributed by atoms with Crippen LogP contribution in [-0.2, 0) is 0 Å². The highest BCUT2D eigenvalue weighted by Crippen LogP contribution is 2.17. The van der Waals surface area contributed by atoms with Gasteiger partial charge in [-0.3, -0.25) is 0 Å². The van der Waals surface area contributed by atoms with Crippen LogP contribution in [0, 0.1) is 0 Å². The summed E-state index contributed by atoms with van der Waals surface area (Å²) >= 11 is 10.7. The van der Waals surface area contributed by atoms with Crippen LogP contribution in [0.25, 0.3) is 0 Å². The van der Waals surface area contributed by atoms with Gasteiger partial charge in [-0.1, -0.05) is 6.92 Å². The van der Waals surface area contributed by atoms with Gasteiger partial charge in [0.1, 0.15) is 5.38 Å². The minimum atomic E-state index is -1.82. The van der Waals surface area contributed by atoms with Gasteiger partial charge in [-0.05, 0) is 6.42 Å². The zero-order valence-corrected chi connectivity index (χ0v) is 6.65. The number of halogens is 2. The van der Waals surface area contributed by atoms with Crippen LogP contribution in [0.1, 0.15) is 13.3 Å². The standard InChI is InChI=1S/C5H10Cl2O2/c1-2-5(8,9)4(7)3-6/h4,8-9H,2-3H2,1H3/t4-/m0/s1. The second-order valence-corrected chi connectivity index (χ2v) is 2.69. The van der Waals surface area contributed by atoms with Crippen molar-refractivity contribution in [2.75, 3.05) is 5.88 Å². The van der Waals surface area contributed by atoms with Crippen molar-refractivity contribution in [1.82, 2.24) is 0 Å².